The highest BCUT2D eigenvalue weighted by Gasteiger charge is 2.42. The molecule has 2 aliphatic heterocycles. The van der Waals surface area contributed by atoms with Crippen molar-refractivity contribution >= 4 is 33.2 Å². The van der Waals surface area contributed by atoms with Crippen LogP contribution in [0.15, 0.2) is 6.07 Å². The van der Waals surface area contributed by atoms with E-state index in [1.807, 2.05) is 0 Å². The summed E-state index contributed by atoms with van der Waals surface area (Å²) in [5.41, 5.74) is -0.169. The van der Waals surface area contributed by atoms with Gasteiger partial charge in [0.2, 0.25) is 5.82 Å². The fourth-order valence-electron chi connectivity index (χ4n) is 4.60. The van der Waals surface area contributed by atoms with Crippen LogP contribution < -0.4 is 10.1 Å². The summed E-state index contributed by atoms with van der Waals surface area (Å²) in [7, 11) is 0. The zero-order chi connectivity index (χ0) is 23.2. The van der Waals surface area contributed by atoms with E-state index in [4.69, 9.17) is 21.3 Å². The molecule has 5 rings (SSSR count). The molecule has 0 amide bonds. The molecule has 0 spiro atoms. The van der Waals surface area contributed by atoms with Gasteiger partial charge in [-0.15, -0.1) is 21.5 Å². The molecule has 0 bridgehead atoms. The number of aryl methyl sites for hydroxylation is 1. The molecule has 7 nitrogen and oxygen atoms in total. The van der Waals surface area contributed by atoms with E-state index in [0.717, 1.165) is 52.7 Å². The first-order valence-electron chi connectivity index (χ1n) is 11.1. The Morgan fingerprint density at radius 2 is 2.15 bits per heavy atom. The lowest BCUT2D eigenvalue weighted by molar-refractivity contribution is -0.147. The number of thiophene rings is 1. The Morgan fingerprint density at radius 1 is 1.30 bits per heavy atom. The van der Waals surface area contributed by atoms with Crippen LogP contribution in [0.4, 0.5) is 13.2 Å². The highest BCUT2D eigenvalue weighted by Crippen LogP contribution is 2.43. The summed E-state index contributed by atoms with van der Waals surface area (Å²) in [4.78, 5) is 11.4. The molecule has 3 aromatic heterocycles. The van der Waals surface area contributed by atoms with Crippen LogP contribution in [0.25, 0.3) is 10.2 Å². The average Bonchev–Trinajstić information content (AvgIpc) is 3.50. The van der Waals surface area contributed by atoms with Crippen LogP contribution in [0.1, 0.15) is 66.2 Å². The standard InChI is InChI=1S/C21H24ClF3N6OS/c1-2-4-13-9-14-17(27-20(28-18(14)33-13)32-10-12-5-3-6-26-12)11-7-15(22)31-16(8-11)29-30-19(31)21(23,24)25/h9,11-12,15,26H,2-8,10H2,1H3/t11?,12-,15?/m1/s1. The highest BCUT2D eigenvalue weighted by atomic mass is 35.5. The summed E-state index contributed by atoms with van der Waals surface area (Å²) in [5.74, 6) is -1.06. The molecule has 3 atom stereocenters. The monoisotopic (exact) mass is 500 g/mol. The Morgan fingerprint density at radius 3 is 2.88 bits per heavy atom. The smallest absolute Gasteiger partial charge is 0.451 e. The molecule has 1 saturated heterocycles. The van der Waals surface area contributed by atoms with Gasteiger partial charge in [-0.3, -0.25) is 4.57 Å². The van der Waals surface area contributed by atoms with E-state index in [2.05, 4.69) is 33.5 Å². The summed E-state index contributed by atoms with van der Waals surface area (Å²) in [6.07, 6.45) is 0.0285. The minimum atomic E-state index is -4.61. The van der Waals surface area contributed by atoms with E-state index in [1.165, 1.54) is 4.88 Å². The number of nitrogens with one attached hydrogen (secondary N) is 1. The quantitative estimate of drug-likeness (QED) is 0.487. The molecule has 2 aliphatic rings. The SMILES string of the molecule is CCCc1cc2c(C3Cc4nnc(C(F)(F)F)n4C(Cl)C3)nc(OC[C@H]3CCCN3)nc2s1. The number of hydrogen-bond donors (Lipinski definition) is 1. The fraction of sp³-hybridized carbons (Fsp3) is 0.619. The van der Waals surface area contributed by atoms with E-state index in [9.17, 15) is 13.2 Å². The first-order chi connectivity index (χ1) is 15.8. The predicted molar refractivity (Wildman–Crippen MR) is 119 cm³/mol. The van der Waals surface area contributed by atoms with Gasteiger partial charge in [0, 0.05) is 28.6 Å². The lowest BCUT2D eigenvalue weighted by Gasteiger charge is -2.28. The lowest BCUT2D eigenvalue weighted by atomic mass is 9.92. The molecular formula is C21H24ClF3N6OS. The molecule has 12 heteroatoms. The van der Waals surface area contributed by atoms with Crippen molar-refractivity contribution in [3.63, 3.8) is 0 Å². The summed E-state index contributed by atoms with van der Waals surface area (Å²) < 4.78 is 46.9. The number of hydrogen-bond acceptors (Lipinski definition) is 7. The number of aromatic nitrogens is 5. The number of alkyl halides is 4. The first kappa shape index (κ1) is 22.8. The van der Waals surface area contributed by atoms with Crippen LogP contribution >= 0.6 is 22.9 Å². The third-order valence-corrected chi connectivity index (χ3v) is 7.58. The van der Waals surface area contributed by atoms with E-state index < -0.39 is 17.5 Å². The number of fused-ring (bicyclic) bond motifs is 2. The van der Waals surface area contributed by atoms with Crippen molar-refractivity contribution in [1.29, 1.82) is 0 Å². The van der Waals surface area contributed by atoms with Crippen molar-refractivity contribution in [3.05, 3.63) is 28.3 Å². The van der Waals surface area contributed by atoms with Crippen LogP contribution in [-0.2, 0) is 19.0 Å². The van der Waals surface area contributed by atoms with Gasteiger partial charge in [-0.1, -0.05) is 24.9 Å². The van der Waals surface area contributed by atoms with Crippen molar-refractivity contribution < 1.29 is 17.9 Å². The van der Waals surface area contributed by atoms with Crippen LogP contribution in [0.2, 0.25) is 0 Å². The zero-order valence-corrected chi connectivity index (χ0v) is 19.6. The largest absolute Gasteiger partial charge is 0.462 e. The molecule has 0 aromatic carbocycles. The number of halogens is 4. The van der Waals surface area contributed by atoms with Crippen LogP contribution in [0.5, 0.6) is 6.01 Å². The Bertz CT molecular complexity index is 1140. The number of nitrogens with zero attached hydrogens (tertiary/aromatic N) is 5. The van der Waals surface area contributed by atoms with Gasteiger partial charge in [0.25, 0.3) is 0 Å². The molecule has 3 aromatic rings. The Balaban J connectivity index is 1.49. The minimum absolute atomic E-state index is 0.215. The van der Waals surface area contributed by atoms with Gasteiger partial charge in [0.1, 0.15) is 22.8 Å². The van der Waals surface area contributed by atoms with Crippen molar-refractivity contribution in [1.82, 2.24) is 30.0 Å². The summed E-state index contributed by atoms with van der Waals surface area (Å²) >= 11 is 8.04. The van der Waals surface area contributed by atoms with E-state index in [0.29, 0.717) is 12.6 Å². The van der Waals surface area contributed by atoms with Gasteiger partial charge in [0.05, 0.1) is 5.69 Å². The molecule has 0 saturated carbocycles. The maximum absolute atomic E-state index is 13.3. The van der Waals surface area contributed by atoms with Gasteiger partial charge in [-0.2, -0.15) is 23.1 Å². The molecule has 33 heavy (non-hydrogen) atoms. The topological polar surface area (TPSA) is 77.8 Å². The highest BCUT2D eigenvalue weighted by molar-refractivity contribution is 7.18. The van der Waals surface area contributed by atoms with Crippen molar-refractivity contribution in [2.45, 2.75) is 69.1 Å². The Kier molecular flexibility index (Phi) is 6.21. The second-order valence-corrected chi connectivity index (χ2v) is 10.2. The molecule has 0 aliphatic carbocycles. The Labute approximate surface area is 197 Å². The molecule has 178 valence electrons. The second-order valence-electron chi connectivity index (χ2n) is 8.56. The number of ether oxygens (including phenoxy) is 1. The van der Waals surface area contributed by atoms with E-state index in [-0.39, 0.29) is 30.6 Å². The van der Waals surface area contributed by atoms with Crippen molar-refractivity contribution in [3.8, 4) is 6.01 Å². The maximum Gasteiger partial charge on any atom is 0.451 e. The second kappa shape index (κ2) is 8.99. The molecular weight excluding hydrogens is 477 g/mol. The maximum atomic E-state index is 13.3. The third-order valence-electron chi connectivity index (χ3n) is 6.12. The molecule has 1 N–H and O–H groups in total. The first-order valence-corrected chi connectivity index (χ1v) is 12.4. The van der Waals surface area contributed by atoms with Gasteiger partial charge in [-0.05, 0) is 38.3 Å². The van der Waals surface area contributed by atoms with Crippen molar-refractivity contribution in [2.75, 3.05) is 13.2 Å². The van der Waals surface area contributed by atoms with Crippen LogP contribution in [-0.4, -0.2) is 43.9 Å². The molecule has 5 heterocycles. The lowest BCUT2D eigenvalue weighted by Crippen LogP contribution is -2.29. The fourth-order valence-corrected chi connectivity index (χ4v) is 6.14. The minimum Gasteiger partial charge on any atom is -0.462 e. The Hall–Kier alpha value is -1.98. The van der Waals surface area contributed by atoms with Gasteiger partial charge >= 0.3 is 12.2 Å². The molecule has 1 fully saturated rings. The van der Waals surface area contributed by atoms with E-state index >= 15 is 0 Å². The number of rotatable bonds is 6. The van der Waals surface area contributed by atoms with Gasteiger partial charge in [-0.25, -0.2) is 0 Å². The van der Waals surface area contributed by atoms with Crippen molar-refractivity contribution in [2.24, 2.45) is 0 Å². The van der Waals surface area contributed by atoms with E-state index in [1.54, 1.807) is 11.3 Å². The summed E-state index contributed by atoms with van der Waals surface area (Å²) in [6.45, 7) is 3.57. The average molecular weight is 501 g/mol. The van der Waals surface area contributed by atoms with Crippen LogP contribution in [0, 0.1) is 0 Å². The normalized spacial score (nSPS) is 23.2. The van der Waals surface area contributed by atoms with Gasteiger partial charge in [0.15, 0.2) is 0 Å². The van der Waals surface area contributed by atoms with Crippen LogP contribution in [0.3, 0.4) is 0 Å². The molecule has 0 radical (unpaired) electrons. The zero-order valence-electron chi connectivity index (χ0n) is 18.0. The van der Waals surface area contributed by atoms with Gasteiger partial charge < -0.3 is 10.1 Å². The summed E-state index contributed by atoms with van der Waals surface area (Å²) in [5, 5.41) is 11.5. The summed E-state index contributed by atoms with van der Waals surface area (Å²) in [6, 6.07) is 2.66. The predicted octanol–water partition coefficient (Wildman–Crippen LogP) is 4.85. The third kappa shape index (κ3) is 4.54. The molecule has 2 unspecified atom stereocenters.